The van der Waals surface area contributed by atoms with Crippen LogP contribution in [0.15, 0.2) is 54.6 Å². The van der Waals surface area contributed by atoms with Gasteiger partial charge in [0.2, 0.25) is 0 Å². The molecule has 0 spiro atoms. The molecule has 0 amide bonds. The van der Waals surface area contributed by atoms with Gasteiger partial charge in [0.05, 0.1) is 6.61 Å². The number of para-hydroxylation sites is 1. The molecule has 0 aliphatic rings. The van der Waals surface area contributed by atoms with E-state index in [2.05, 4.69) is 29.8 Å². The zero-order valence-corrected chi connectivity index (χ0v) is 14.0. The minimum absolute atomic E-state index is 0.519. The minimum atomic E-state index is 0.519. The molecule has 0 N–H and O–H groups in total. The van der Waals surface area contributed by atoms with Crippen LogP contribution in [0.3, 0.4) is 0 Å². The van der Waals surface area contributed by atoms with Crippen molar-refractivity contribution in [3.05, 3.63) is 54.6 Å². The van der Waals surface area contributed by atoms with E-state index in [1.54, 1.807) is 0 Å². The van der Waals surface area contributed by atoms with E-state index in [-0.39, 0.29) is 0 Å². The number of alkyl halides is 1. The van der Waals surface area contributed by atoms with Crippen LogP contribution in [0.25, 0.3) is 0 Å². The Hall–Kier alpha value is -1.48. The quantitative estimate of drug-likeness (QED) is 0.613. The third-order valence-electron chi connectivity index (χ3n) is 3.41. The Morgan fingerprint density at radius 1 is 0.857 bits per heavy atom. The third kappa shape index (κ3) is 5.09. The summed E-state index contributed by atoms with van der Waals surface area (Å²) in [5, 5.41) is 0.958. The van der Waals surface area contributed by atoms with Gasteiger partial charge in [-0.1, -0.05) is 48.0 Å². The van der Waals surface area contributed by atoms with E-state index in [0.29, 0.717) is 11.8 Å². The summed E-state index contributed by atoms with van der Waals surface area (Å²) in [5.41, 5.74) is 0. The lowest BCUT2D eigenvalue weighted by molar-refractivity contribution is 0.227. The van der Waals surface area contributed by atoms with E-state index in [0.717, 1.165) is 29.2 Å². The maximum Gasteiger partial charge on any atom is 0.127 e. The Labute approximate surface area is 135 Å². The van der Waals surface area contributed by atoms with Crippen LogP contribution in [0.1, 0.15) is 13.8 Å². The van der Waals surface area contributed by atoms with Gasteiger partial charge in [0.15, 0.2) is 0 Å². The predicted molar refractivity (Wildman–Crippen MR) is 90.6 cm³/mol. The van der Waals surface area contributed by atoms with Crippen LogP contribution in [-0.2, 0) is 0 Å². The summed E-state index contributed by atoms with van der Waals surface area (Å²) in [5.74, 6) is 3.65. The van der Waals surface area contributed by atoms with Crippen molar-refractivity contribution in [2.75, 3.05) is 11.9 Å². The highest BCUT2D eigenvalue weighted by molar-refractivity contribution is 9.09. The number of ether oxygens (including phenoxy) is 2. The molecule has 2 rings (SSSR count). The van der Waals surface area contributed by atoms with Crippen molar-refractivity contribution in [3.63, 3.8) is 0 Å². The van der Waals surface area contributed by atoms with Crippen molar-refractivity contribution >= 4 is 15.9 Å². The zero-order valence-electron chi connectivity index (χ0n) is 12.5. The van der Waals surface area contributed by atoms with E-state index in [9.17, 15) is 0 Å². The molecule has 0 aromatic heterocycles. The van der Waals surface area contributed by atoms with Gasteiger partial charge in [0, 0.05) is 11.2 Å². The van der Waals surface area contributed by atoms with Crippen molar-refractivity contribution in [3.8, 4) is 17.2 Å². The molecule has 0 aliphatic heterocycles. The Bertz CT molecular complexity index is 523. The smallest absolute Gasteiger partial charge is 0.127 e. The fourth-order valence-corrected chi connectivity index (χ4v) is 2.78. The standard InChI is InChI=1S/C18H21BrO2/c1-14(2)15(12-19)13-20-16-8-10-18(11-9-16)21-17-6-4-3-5-7-17/h3-11,14-15H,12-13H2,1-2H3. The summed E-state index contributed by atoms with van der Waals surface area (Å²) in [4.78, 5) is 0. The molecule has 2 aromatic rings. The van der Waals surface area contributed by atoms with Crippen LogP contribution in [-0.4, -0.2) is 11.9 Å². The predicted octanol–water partition coefficient (Wildman–Crippen LogP) is 5.52. The molecule has 21 heavy (non-hydrogen) atoms. The SMILES string of the molecule is CC(C)C(CBr)COc1ccc(Oc2ccccc2)cc1. The van der Waals surface area contributed by atoms with Gasteiger partial charge in [-0.15, -0.1) is 0 Å². The minimum Gasteiger partial charge on any atom is -0.493 e. The molecule has 112 valence electrons. The molecule has 0 radical (unpaired) electrons. The highest BCUT2D eigenvalue weighted by Crippen LogP contribution is 2.24. The lowest BCUT2D eigenvalue weighted by Gasteiger charge is -2.18. The lowest BCUT2D eigenvalue weighted by Crippen LogP contribution is -2.19. The summed E-state index contributed by atoms with van der Waals surface area (Å²) >= 11 is 3.54. The Kier molecular flexibility index (Phi) is 6.12. The maximum atomic E-state index is 5.84. The summed E-state index contributed by atoms with van der Waals surface area (Å²) < 4.78 is 11.6. The van der Waals surface area contributed by atoms with E-state index in [4.69, 9.17) is 9.47 Å². The van der Waals surface area contributed by atoms with E-state index in [1.165, 1.54) is 0 Å². The van der Waals surface area contributed by atoms with E-state index < -0.39 is 0 Å². The van der Waals surface area contributed by atoms with E-state index >= 15 is 0 Å². The molecular formula is C18H21BrO2. The molecule has 0 fully saturated rings. The largest absolute Gasteiger partial charge is 0.493 e. The van der Waals surface area contributed by atoms with Crippen molar-refractivity contribution in [2.24, 2.45) is 11.8 Å². The van der Waals surface area contributed by atoms with Crippen molar-refractivity contribution < 1.29 is 9.47 Å². The van der Waals surface area contributed by atoms with Crippen molar-refractivity contribution in [1.29, 1.82) is 0 Å². The number of halogens is 1. The monoisotopic (exact) mass is 348 g/mol. The van der Waals surface area contributed by atoms with Gasteiger partial charge < -0.3 is 9.47 Å². The first-order chi connectivity index (χ1) is 10.2. The molecule has 0 saturated heterocycles. The molecule has 0 heterocycles. The van der Waals surface area contributed by atoms with Gasteiger partial charge in [-0.05, 0) is 42.3 Å². The molecule has 2 aromatic carbocycles. The third-order valence-corrected chi connectivity index (χ3v) is 4.24. The summed E-state index contributed by atoms with van der Waals surface area (Å²) in [7, 11) is 0. The Morgan fingerprint density at radius 2 is 1.43 bits per heavy atom. The molecule has 1 atom stereocenters. The van der Waals surface area contributed by atoms with Gasteiger partial charge in [-0.2, -0.15) is 0 Å². The van der Waals surface area contributed by atoms with Crippen LogP contribution < -0.4 is 9.47 Å². The summed E-state index contributed by atoms with van der Waals surface area (Å²) in [6, 6.07) is 17.5. The fraction of sp³-hybridized carbons (Fsp3) is 0.333. The average molecular weight is 349 g/mol. The van der Waals surface area contributed by atoms with Gasteiger partial charge in [-0.3, -0.25) is 0 Å². The van der Waals surface area contributed by atoms with Crippen LogP contribution in [0.5, 0.6) is 17.2 Å². The van der Waals surface area contributed by atoms with Crippen LogP contribution in [0, 0.1) is 11.8 Å². The zero-order chi connectivity index (χ0) is 15.1. The first-order valence-corrected chi connectivity index (χ1v) is 8.33. The van der Waals surface area contributed by atoms with Crippen LogP contribution in [0.2, 0.25) is 0 Å². The van der Waals surface area contributed by atoms with Crippen molar-refractivity contribution in [2.45, 2.75) is 13.8 Å². The summed E-state index contributed by atoms with van der Waals surface area (Å²) in [6.45, 7) is 5.15. The number of benzene rings is 2. The Balaban J connectivity index is 1.90. The van der Waals surface area contributed by atoms with Crippen LogP contribution in [0.4, 0.5) is 0 Å². The second kappa shape index (κ2) is 8.08. The maximum absolute atomic E-state index is 5.84. The first-order valence-electron chi connectivity index (χ1n) is 7.20. The molecule has 2 nitrogen and oxygen atoms in total. The van der Waals surface area contributed by atoms with Gasteiger partial charge in [-0.25, -0.2) is 0 Å². The molecule has 0 saturated carbocycles. The first kappa shape index (κ1) is 15.9. The van der Waals surface area contributed by atoms with Crippen LogP contribution >= 0.6 is 15.9 Å². The molecule has 1 unspecified atom stereocenters. The fourth-order valence-electron chi connectivity index (χ4n) is 1.85. The molecule has 0 aliphatic carbocycles. The number of hydrogen-bond acceptors (Lipinski definition) is 2. The molecule has 3 heteroatoms. The normalized spacial score (nSPS) is 12.2. The van der Waals surface area contributed by atoms with Gasteiger partial charge in [0.1, 0.15) is 17.2 Å². The topological polar surface area (TPSA) is 18.5 Å². The second-order valence-corrected chi connectivity index (χ2v) is 6.00. The molecule has 0 bridgehead atoms. The number of hydrogen-bond donors (Lipinski definition) is 0. The number of rotatable bonds is 7. The van der Waals surface area contributed by atoms with Crippen molar-refractivity contribution in [1.82, 2.24) is 0 Å². The molecular weight excluding hydrogens is 328 g/mol. The van der Waals surface area contributed by atoms with E-state index in [1.807, 2.05) is 54.6 Å². The summed E-state index contributed by atoms with van der Waals surface area (Å²) in [6.07, 6.45) is 0. The van der Waals surface area contributed by atoms with Gasteiger partial charge in [0.25, 0.3) is 0 Å². The highest BCUT2D eigenvalue weighted by atomic mass is 79.9. The highest BCUT2D eigenvalue weighted by Gasteiger charge is 2.12. The Morgan fingerprint density at radius 3 is 2.00 bits per heavy atom. The second-order valence-electron chi connectivity index (χ2n) is 5.36. The average Bonchev–Trinajstić information content (AvgIpc) is 2.50. The lowest BCUT2D eigenvalue weighted by atomic mass is 9.99. The van der Waals surface area contributed by atoms with Gasteiger partial charge >= 0.3 is 0 Å².